The molecule has 154 valence electrons. The van der Waals surface area contributed by atoms with Crippen molar-refractivity contribution < 1.29 is 13.2 Å². The van der Waals surface area contributed by atoms with Crippen LogP contribution in [0.1, 0.15) is 16.0 Å². The molecule has 0 spiro atoms. The second kappa shape index (κ2) is 8.28. The first-order valence-electron chi connectivity index (χ1n) is 9.17. The molecule has 0 unspecified atom stereocenters. The standard InChI is InChI=1S/C22H18F3N3S2/c1-14-19(16-8-4-3-5-9-16)18(13-29-14)20-26-27-21(28(20)2)30-12-15-7-6-10-17(11-15)22(23,24)25/h3-11,13H,12H2,1-2H3. The number of nitrogens with zero attached hydrogens (tertiary/aromatic N) is 3. The van der Waals surface area contributed by atoms with Crippen molar-refractivity contribution in [3.8, 4) is 22.5 Å². The minimum absolute atomic E-state index is 0.379. The number of thioether (sulfide) groups is 1. The minimum atomic E-state index is -4.34. The first-order valence-corrected chi connectivity index (χ1v) is 11.0. The van der Waals surface area contributed by atoms with Gasteiger partial charge >= 0.3 is 6.18 Å². The summed E-state index contributed by atoms with van der Waals surface area (Å²) in [4.78, 5) is 1.19. The van der Waals surface area contributed by atoms with Crippen molar-refractivity contribution in [1.29, 1.82) is 0 Å². The number of hydrogen-bond acceptors (Lipinski definition) is 4. The highest BCUT2D eigenvalue weighted by Crippen LogP contribution is 2.39. The Hall–Kier alpha value is -2.58. The van der Waals surface area contributed by atoms with E-state index in [0.29, 0.717) is 16.5 Å². The maximum atomic E-state index is 12.9. The number of aromatic nitrogens is 3. The molecule has 2 aromatic heterocycles. The lowest BCUT2D eigenvalue weighted by Gasteiger charge is -2.09. The average Bonchev–Trinajstić information content (AvgIpc) is 3.28. The molecule has 0 aliphatic heterocycles. The summed E-state index contributed by atoms with van der Waals surface area (Å²) in [5.41, 5.74) is 3.21. The lowest BCUT2D eigenvalue weighted by Crippen LogP contribution is -2.05. The van der Waals surface area contributed by atoms with Crippen molar-refractivity contribution in [2.24, 2.45) is 7.05 Å². The summed E-state index contributed by atoms with van der Waals surface area (Å²) in [5.74, 6) is 1.12. The monoisotopic (exact) mass is 445 g/mol. The predicted molar refractivity (Wildman–Crippen MR) is 115 cm³/mol. The van der Waals surface area contributed by atoms with Crippen LogP contribution in [0.5, 0.6) is 0 Å². The van der Waals surface area contributed by atoms with Crippen LogP contribution in [0.4, 0.5) is 13.2 Å². The summed E-state index contributed by atoms with van der Waals surface area (Å²) in [6, 6.07) is 15.5. The number of hydrogen-bond donors (Lipinski definition) is 0. The molecule has 0 N–H and O–H groups in total. The van der Waals surface area contributed by atoms with E-state index < -0.39 is 11.7 Å². The number of alkyl halides is 3. The first-order chi connectivity index (χ1) is 14.3. The van der Waals surface area contributed by atoms with Gasteiger partial charge in [-0.2, -0.15) is 13.2 Å². The Morgan fingerprint density at radius 3 is 2.53 bits per heavy atom. The second-order valence-corrected chi connectivity index (χ2v) is 8.82. The maximum Gasteiger partial charge on any atom is 0.416 e. The van der Waals surface area contributed by atoms with E-state index in [1.807, 2.05) is 29.8 Å². The molecule has 0 fully saturated rings. The second-order valence-electron chi connectivity index (χ2n) is 6.80. The fraction of sp³-hybridized carbons (Fsp3) is 0.182. The highest BCUT2D eigenvalue weighted by Gasteiger charge is 2.30. The summed E-state index contributed by atoms with van der Waals surface area (Å²) >= 11 is 3.03. The highest BCUT2D eigenvalue weighted by molar-refractivity contribution is 7.98. The molecule has 0 atom stereocenters. The number of benzene rings is 2. The first kappa shape index (κ1) is 20.7. The van der Waals surface area contributed by atoms with Crippen LogP contribution in [0.2, 0.25) is 0 Å². The zero-order chi connectivity index (χ0) is 21.3. The van der Waals surface area contributed by atoms with E-state index in [0.717, 1.165) is 28.6 Å². The van der Waals surface area contributed by atoms with Crippen molar-refractivity contribution in [3.05, 3.63) is 76.0 Å². The summed E-state index contributed by atoms with van der Waals surface area (Å²) < 4.78 is 40.7. The summed E-state index contributed by atoms with van der Waals surface area (Å²) in [6.45, 7) is 2.08. The Morgan fingerprint density at radius 2 is 1.80 bits per heavy atom. The van der Waals surface area contributed by atoms with Gasteiger partial charge in [0.05, 0.1) is 5.56 Å². The molecule has 2 aromatic carbocycles. The van der Waals surface area contributed by atoms with Crippen LogP contribution < -0.4 is 0 Å². The van der Waals surface area contributed by atoms with E-state index in [9.17, 15) is 13.2 Å². The van der Waals surface area contributed by atoms with Crippen molar-refractivity contribution >= 4 is 23.1 Å². The van der Waals surface area contributed by atoms with Crippen molar-refractivity contribution in [2.75, 3.05) is 0 Å². The third kappa shape index (κ3) is 4.15. The molecule has 2 heterocycles. The summed E-state index contributed by atoms with van der Waals surface area (Å²) in [5, 5.41) is 11.4. The maximum absolute atomic E-state index is 12.9. The van der Waals surface area contributed by atoms with Gasteiger partial charge in [-0.05, 0) is 24.1 Å². The largest absolute Gasteiger partial charge is 0.416 e. The molecule has 0 saturated carbocycles. The Bertz CT molecular complexity index is 1160. The topological polar surface area (TPSA) is 30.7 Å². The number of halogens is 3. The van der Waals surface area contributed by atoms with E-state index in [1.54, 1.807) is 17.4 Å². The highest BCUT2D eigenvalue weighted by atomic mass is 32.2. The van der Waals surface area contributed by atoms with Gasteiger partial charge < -0.3 is 4.57 Å². The molecule has 0 aliphatic carbocycles. The van der Waals surface area contributed by atoms with E-state index in [-0.39, 0.29) is 0 Å². The lowest BCUT2D eigenvalue weighted by atomic mass is 10.0. The lowest BCUT2D eigenvalue weighted by molar-refractivity contribution is -0.137. The van der Waals surface area contributed by atoms with Gasteiger partial charge in [0.15, 0.2) is 11.0 Å². The van der Waals surface area contributed by atoms with E-state index in [1.165, 1.54) is 28.8 Å². The molecule has 0 saturated heterocycles. The van der Waals surface area contributed by atoms with Gasteiger partial charge in [-0.1, -0.05) is 60.3 Å². The molecular weight excluding hydrogens is 427 g/mol. The summed E-state index contributed by atoms with van der Waals surface area (Å²) in [6.07, 6.45) is -4.34. The fourth-order valence-electron chi connectivity index (χ4n) is 3.24. The third-order valence-electron chi connectivity index (χ3n) is 4.74. The predicted octanol–water partition coefficient (Wildman–Crippen LogP) is 6.83. The zero-order valence-electron chi connectivity index (χ0n) is 16.3. The van der Waals surface area contributed by atoms with E-state index in [4.69, 9.17) is 0 Å². The quantitative estimate of drug-likeness (QED) is 0.316. The molecule has 0 radical (unpaired) electrons. The molecule has 0 bridgehead atoms. The SMILES string of the molecule is Cc1scc(-c2nnc(SCc3cccc(C(F)(F)F)c3)n2C)c1-c1ccccc1. The average molecular weight is 446 g/mol. The third-order valence-corrected chi connectivity index (χ3v) is 6.74. The number of rotatable bonds is 5. The molecule has 0 aliphatic rings. The van der Waals surface area contributed by atoms with Crippen molar-refractivity contribution in [3.63, 3.8) is 0 Å². The number of aryl methyl sites for hydroxylation is 1. The van der Waals surface area contributed by atoms with Crippen molar-refractivity contribution in [1.82, 2.24) is 14.8 Å². The molecular formula is C22H18F3N3S2. The van der Waals surface area contributed by atoms with Gasteiger partial charge in [-0.15, -0.1) is 21.5 Å². The van der Waals surface area contributed by atoms with Gasteiger partial charge in [0.2, 0.25) is 0 Å². The Balaban J connectivity index is 1.59. The Labute approximate surface area is 180 Å². The van der Waals surface area contributed by atoms with Crippen LogP contribution in [0, 0.1) is 6.92 Å². The van der Waals surface area contributed by atoms with Crippen LogP contribution in [-0.4, -0.2) is 14.8 Å². The molecule has 8 heteroatoms. The molecule has 4 rings (SSSR count). The van der Waals surface area contributed by atoms with Crippen LogP contribution in [0.25, 0.3) is 22.5 Å². The van der Waals surface area contributed by atoms with Crippen LogP contribution >= 0.6 is 23.1 Å². The smallest absolute Gasteiger partial charge is 0.305 e. The minimum Gasteiger partial charge on any atom is -0.305 e. The van der Waals surface area contributed by atoms with Gasteiger partial charge in [0.25, 0.3) is 0 Å². The molecule has 30 heavy (non-hydrogen) atoms. The zero-order valence-corrected chi connectivity index (χ0v) is 17.9. The number of thiophene rings is 1. The normalized spacial score (nSPS) is 11.8. The van der Waals surface area contributed by atoms with Crippen LogP contribution in [0.3, 0.4) is 0 Å². The van der Waals surface area contributed by atoms with Gasteiger partial charge in [-0.25, -0.2) is 0 Å². The fourth-order valence-corrected chi connectivity index (χ4v) is 4.96. The van der Waals surface area contributed by atoms with Gasteiger partial charge in [0.1, 0.15) is 0 Å². The van der Waals surface area contributed by atoms with E-state index in [2.05, 4.69) is 34.6 Å². The molecule has 4 aromatic rings. The van der Waals surface area contributed by atoms with Gasteiger partial charge in [0, 0.05) is 34.2 Å². The Morgan fingerprint density at radius 1 is 1.03 bits per heavy atom. The summed E-state index contributed by atoms with van der Waals surface area (Å²) in [7, 11) is 1.88. The molecule has 3 nitrogen and oxygen atoms in total. The van der Waals surface area contributed by atoms with Crippen LogP contribution in [-0.2, 0) is 19.0 Å². The Kier molecular flexibility index (Phi) is 5.71. The van der Waals surface area contributed by atoms with Gasteiger partial charge in [-0.3, -0.25) is 0 Å². The molecule has 0 amide bonds. The van der Waals surface area contributed by atoms with Crippen molar-refractivity contribution in [2.45, 2.75) is 24.0 Å². The van der Waals surface area contributed by atoms with Crippen LogP contribution in [0.15, 0.2) is 65.1 Å². The van der Waals surface area contributed by atoms with E-state index >= 15 is 0 Å².